The Morgan fingerprint density at radius 2 is 1.77 bits per heavy atom. The molecule has 2 aromatic rings. The van der Waals surface area contributed by atoms with E-state index in [1.54, 1.807) is 49.4 Å². The van der Waals surface area contributed by atoms with Crippen molar-refractivity contribution in [3.05, 3.63) is 65.2 Å². The molecular formula is C23H25NO7. The molecule has 1 atom stereocenters. The SMILES string of the molecule is CCOc1cc(C2/C(=C(\O)c3ccccc3)C(=O)C(=O)N2CC(OC)OC)ccc1O. The first-order valence-corrected chi connectivity index (χ1v) is 9.78. The quantitative estimate of drug-likeness (QED) is 0.289. The minimum atomic E-state index is -0.923. The van der Waals surface area contributed by atoms with E-state index < -0.39 is 24.0 Å². The number of aromatic hydroxyl groups is 1. The number of amides is 1. The Hall–Kier alpha value is -3.36. The highest BCUT2D eigenvalue weighted by molar-refractivity contribution is 6.46. The van der Waals surface area contributed by atoms with Gasteiger partial charge in [-0.25, -0.2) is 0 Å². The number of phenolic OH excluding ortho intramolecular Hbond substituents is 1. The maximum atomic E-state index is 13.0. The number of phenols is 1. The van der Waals surface area contributed by atoms with Crippen LogP contribution in [-0.4, -0.2) is 60.5 Å². The van der Waals surface area contributed by atoms with Crippen LogP contribution in [0.3, 0.4) is 0 Å². The predicted octanol–water partition coefficient (Wildman–Crippen LogP) is 2.83. The molecule has 0 bridgehead atoms. The van der Waals surface area contributed by atoms with Gasteiger partial charge in [-0.15, -0.1) is 0 Å². The molecule has 164 valence electrons. The lowest BCUT2D eigenvalue weighted by Crippen LogP contribution is -2.38. The molecule has 0 radical (unpaired) electrons. The van der Waals surface area contributed by atoms with Crippen molar-refractivity contribution < 1.29 is 34.0 Å². The Bertz CT molecular complexity index is 983. The highest BCUT2D eigenvalue weighted by atomic mass is 16.7. The molecule has 0 aromatic heterocycles. The summed E-state index contributed by atoms with van der Waals surface area (Å²) in [7, 11) is 2.86. The Labute approximate surface area is 180 Å². The third-order valence-electron chi connectivity index (χ3n) is 5.06. The van der Waals surface area contributed by atoms with Crippen LogP contribution in [0, 0.1) is 0 Å². The summed E-state index contributed by atoms with van der Waals surface area (Å²) >= 11 is 0. The van der Waals surface area contributed by atoms with Crippen LogP contribution in [0.1, 0.15) is 24.1 Å². The summed E-state index contributed by atoms with van der Waals surface area (Å²) in [6.07, 6.45) is -0.777. The average molecular weight is 427 g/mol. The molecule has 31 heavy (non-hydrogen) atoms. The standard InChI is InChI=1S/C23H25NO7/c1-4-31-17-12-15(10-11-16(17)25)20-19(21(26)14-8-6-5-7-9-14)22(27)23(28)24(20)13-18(29-2)30-3/h5-12,18,20,25-26H,4,13H2,1-3H3/b21-19+. The van der Waals surface area contributed by atoms with Crippen LogP contribution in [-0.2, 0) is 19.1 Å². The van der Waals surface area contributed by atoms with Gasteiger partial charge < -0.3 is 29.3 Å². The summed E-state index contributed by atoms with van der Waals surface area (Å²) < 4.78 is 15.9. The van der Waals surface area contributed by atoms with Gasteiger partial charge in [-0.05, 0) is 24.6 Å². The van der Waals surface area contributed by atoms with Crippen molar-refractivity contribution in [1.29, 1.82) is 0 Å². The van der Waals surface area contributed by atoms with Gasteiger partial charge in [0.15, 0.2) is 17.8 Å². The van der Waals surface area contributed by atoms with E-state index in [9.17, 15) is 19.8 Å². The van der Waals surface area contributed by atoms with E-state index in [2.05, 4.69) is 0 Å². The molecule has 1 heterocycles. The Morgan fingerprint density at radius 1 is 1.10 bits per heavy atom. The smallest absolute Gasteiger partial charge is 0.295 e. The van der Waals surface area contributed by atoms with Gasteiger partial charge in [0.1, 0.15) is 5.76 Å². The summed E-state index contributed by atoms with van der Waals surface area (Å²) in [5.74, 6) is -1.75. The molecule has 1 aliphatic heterocycles. The number of aliphatic hydroxyl groups excluding tert-OH is 1. The van der Waals surface area contributed by atoms with E-state index in [4.69, 9.17) is 14.2 Å². The number of nitrogens with zero attached hydrogens (tertiary/aromatic N) is 1. The lowest BCUT2D eigenvalue weighted by molar-refractivity contribution is -0.149. The van der Waals surface area contributed by atoms with E-state index in [1.165, 1.54) is 25.2 Å². The highest BCUT2D eigenvalue weighted by Gasteiger charge is 2.47. The number of ether oxygens (including phenoxy) is 3. The van der Waals surface area contributed by atoms with Gasteiger partial charge >= 0.3 is 0 Å². The number of carbonyl (C=O) groups excluding carboxylic acids is 2. The molecule has 3 rings (SSSR count). The number of likely N-dealkylation sites (tertiary alicyclic amines) is 1. The van der Waals surface area contributed by atoms with E-state index >= 15 is 0 Å². The van der Waals surface area contributed by atoms with Crippen LogP contribution in [0.5, 0.6) is 11.5 Å². The van der Waals surface area contributed by atoms with Crippen molar-refractivity contribution in [1.82, 2.24) is 4.90 Å². The van der Waals surface area contributed by atoms with Crippen LogP contribution in [0.25, 0.3) is 5.76 Å². The Kier molecular flexibility index (Phi) is 6.94. The number of rotatable bonds is 8. The van der Waals surface area contributed by atoms with E-state index in [0.29, 0.717) is 17.7 Å². The van der Waals surface area contributed by atoms with Crippen LogP contribution in [0.4, 0.5) is 0 Å². The fourth-order valence-electron chi connectivity index (χ4n) is 3.54. The van der Waals surface area contributed by atoms with E-state index in [1.807, 2.05) is 0 Å². The molecular weight excluding hydrogens is 402 g/mol. The number of aliphatic hydroxyl groups is 1. The molecule has 1 amide bonds. The summed E-state index contributed by atoms with van der Waals surface area (Å²) in [5, 5.41) is 21.1. The summed E-state index contributed by atoms with van der Waals surface area (Å²) in [5.41, 5.74) is 0.837. The second kappa shape index (κ2) is 9.63. The van der Waals surface area contributed by atoms with Crippen molar-refractivity contribution >= 4 is 17.4 Å². The largest absolute Gasteiger partial charge is 0.507 e. The van der Waals surface area contributed by atoms with Gasteiger partial charge in [0, 0.05) is 19.8 Å². The van der Waals surface area contributed by atoms with Crippen molar-refractivity contribution in [3.63, 3.8) is 0 Å². The molecule has 1 saturated heterocycles. The van der Waals surface area contributed by atoms with E-state index in [-0.39, 0.29) is 29.4 Å². The molecule has 0 aliphatic carbocycles. The molecule has 2 aromatic carbocycles. The number of hydrogen-bond donors (Lipinski definition) is 2. The average Bonchev–Trinajstić information content (AvgIpc) is 3.03. The van der Waals surface area contributed by atoms with Crippen molar-refractivity contribution in [2.24, 2.45) is 0 Å². The van der Waals surface area contributed by atoms with Gasteiger partial charge in [-0.1, -0.05) is 36.4 Å². The topological polar surface area (TPSA) is 106 Å². The first-order valence-electron chi connectivity index (χ1n) is 9.78. The lowest BCUT2D eigenvalue weighted by Gasteiger charge is -2.28. The molecule has 1 unspecified atom stereocenters. The molecule has 2 N–H and O–H groups in total. The van der Waals surface area contributed by atoms with Gasteiger partial charge in [-0.2, -0.15) is 0 Å². The number of Topliss-reactive ketones (excluding diaryl/α,β-unsaturated/α-hetero) is 1. The third-order valence-corrected chi connectivity index (χ3v) is 5.06. The van der Waals surface area contributed by atoms with Crippen LogP contribution in [0.2, 0.25) is 0 Å². The van der Waals surface area contributed by atoms with Crippen molar-refractivity contribution in [3.8, 4) is 11.5 Å². The monoisotopic (exact) mass is 427 g/mol. The first kappa shape index (κ1) is 22.3. The zero-order valence-electron chi connectivity index (χ0n) is 17.6. The zero-order chi connectivity index (χ0) is 22.5. The van der Waals surface area contributed by atoms with Gasteiger partial charge in [-0.3, -0.25) is 9.59 Å². The number of ketones is 1. The minimum Gasteiger partial charge on any atom is -0.507 e. The first-order chi connectivity index (χ1) is 14.9. The van der Waals surface area contributed by atoms with Crippen LogP contribution >= 0.6 is 0 Å². The fraction of sp³-hybridized carbons (Fsp3) is 0.304. The van der Waals surface area contributed by atoms with Crippen LogP contribution < -0.4 is 4.74 Å². The van der Waals surface area contributed by atoms with Crippen molar-refractivity contribution in [2.75, 3.05) is 27.4 Å². The van der Waals surface area contributed by atoms with E-state index in [0.717, 1.165) is 0 Å². The molecule has 8 heteroatoms. The Morgan fingerprint density at radius 3 is 2.39 bits per heavy atom. The van der Waals surface area contributed by atoms with Gasteiger partial charge in [0.05, 0.1) is 24.8 Å². The second-order valence-corrected chi connectivity index (χ2v) is 6.88. The molecule has 1 fully saturated rings. The third kappa shape index (κ3) is 4.40. The normalized spacial score (nSPS) is 18.1. The maximum Gasteiger partial charge on any atom is 0.295 e. The molecule has 1 aliphatic rings. The predicted molar refractivity (Wildman–Crippen MR) is 113 cm³/mol. The maximum absolute atomic E-state index is 13.0. The minimum absolute atomic E-state index is 0.0430. The van der Waals surface area contributed by atoms with Gasteiger partial charge in [0.25, 0.3) is 11.7 Å². The zero-order valence-corrected chi connectivity index (χ0v) is 17.6. The number of carbonyl (C=O) groups is 2. The fourth-order valence-corrected chi connectivity index (χ4v) is 3.54. The van der Waals surface area contributed by atoms with Crippen molar-refractivity contribution in [2.45, 2.75) is 19.3 Å². The number of benzene rings is 2. The second-order valence-electron chi connectivity index (χ2n) is 6.88. The number of methoxy groups -OCH3 is 2. The number of hydrogen-bond acceptors (Lipinski definition) is 7. The molecule has 0 spiro atoms. The van der Waals surface area contributed by atoms with Crippen LogP contribution in [0.15, 0.2) is 54.1 Å². The summed E-state index contributed by atoms with van der Waals surface area (Å²) in [6, 6.07) is 12.1. The molecule has 8 nitrogen and oxygen atoms in total. The Balaban J connectivity index is 2.18. The summed E-state index contributed by atoms with van der Waals surface area (Å²) in [4.78, 5) is 27.2. The lowest BCUT2D eigenvalue weighted by atomic mass is 9.95. The highest BCUT2D eigenvalue weighted by Crippen LogP contribution is 2.41. The summed E-state index contributed by atoms with van der Waals surface area (Å²) in [6.45, 7) is 2.05. The molecule has 0 saturated carbocycles. The van der Waals surface area contributed by atoms with Gasteiger partial charge in [0.2, 0.25) is 0 Å².